The van der Waals surface area contributed by atoms with Crippen molar-refractivity contribution >= 4 is 27.5 Å². The van der Waals surface area contributed by atoms with Gasteiger partial charge in [-0.2, -0.15) is 0 Å². The van der Waals surface area contributed by atoms with Crippen molar-refractivity contribution in [1.82, 2.24) is 10.4 Å². The SMILES string of the molecule is COC(=O)/C(=C/NN(C)C)c1cc(OC)ccc1Br. The lowest BCUT2D eigenvalue weighted by atomic mass is 10.1. The van der Waals surface area contributed by atoms with Gasteiger partial charge in [0.2, 0.25) is 0 Å². The van der Waals surface area contributed by atoms with Gasteiger partial charge in [0.05, 0.1) is 19.8 Å². The number of hydrogen-bond donors (Lipinski definition) is 1. The molecule has 0 radical (unpaired) electrons. The number of nitrogens with zero attached hydrogens (tertiary/aromatic N) is 1. The highest BCUT2D eigenvalue weighted by molar-refractivity contribution is 9.10. The zero-order valence-corrected chi connectivity index (χ0v) is 12.9. The van der Waals surface area contributed by atoms with Gasteiger partial charge in [-0.1, -0.05) is 15.9 Å². The van der Waals surface area contributed by atoms with E-state index >= 15 is 0 Å². The molecule has 1 aromatic rings. The number of benzene rings is 1. The van der Waals surface area contributed by atoms with E-state index < -0.39 is 5.97 Å². The van der Waals surface area contributed by atoms with Crippen LogP contribution in [-0.2, 0) is 9.53 Å². The van der Waals surface area contributed by atoms with E-state index in [9.17, 15) is 4.79 Å². The van der Waals surface area contributed by atoms with Crippen molar-refractivity contribution in [3.63, 3.8) is 0 Å². The first kappa shape index (κ1) is 15.5. The summed E-state index contributed by atoms with van der Waals surface area (Å²) in [5.41, 5.74) is 4.03. The molecule has 0 spiro atoms. The van der Waals surface area contributed by atoms with Crippen molar-refractivity contribution in [2.45, 2.75) is 0 Å². The highest BCUT2D eigenvalue weighted by atomic mass is 79.9. The van der Waals surface area contributed by atoms with Crippen molar-refractivity contribution in [3.05, 3.63) is 34.4 Å². The molecular weight excluding hydrogens is 312 g/mol. The molecule has 0 heterocycles. The number of ether oxygens (including phenoxy) is 2. The fourth-order valence-electron chi connectivity index (χ4n) is 1.39. The highest BCUT2D eigenvalue weighted by Gasteiger charge is 2.16. The second kappa shape index (κ2) is 7.16. The molecule has 1 rings (SSSR count). The van der Waals surface area contributed by atoms with Crippen LogP contribution in [0.2, 0.25) is 0 Å². The molecule has 0 aliphatic rings. The van der Waals surface area contributed by atoms with Crippen molar-refractivity contribution in [1.29, 1.82) is 0 Å². The summed E-state index contributed by atoms with van der Waals surface area (Å²) in [6.45, 7) is 0. The predicted molar refractivity (Wildman–Crippen MR) is 77.5 cm³/mol. The molecular formula is C13H17BrN2O3. The largest absolute Gasteiger partial charge is 0.497 e. The molecule has 19 heavy (non-hydrogen) atoms. The van der Waals surface area contributed by atoms with Crippen LogP contribution < -0.4 is 10.2 Å². The Balaban J connectivity index is 3.24. The van der Waals surface area contributed by atoms with Crippen LogP contribution >= 0.6 is 15.9 Å². The summed E-state index contributed by atoms with van der Waals surface area (Å²) < 4.78 is 10.8. The minimum atomic E-state index is -0.427. The summed E-state index contributed by atoms with van der Waals surface area (Å²) in [7, 11) is 6.57. The Morgan fingerprint density at radius 1 is 1.37 bits per heavy atom. The number of rotatable bonds is 5. The lowest BCUT2D eigenvalue weighted by molar-refractivity contribution is -0.133. The van der Waals surface area contributed by atoms with Gasteiger partial charge in [-0.15, -0.1) is 0 Å². The maximum atomic E-state index is 11.9. The lowest BCUT2D eigenvalue weighted by Crippen LogP contribution is -2.26. The molecule has 0 saturated carbocycles. The van der Waals surface area contributed by atoms with E-state index in [2.05, 4.69) is 21.4 Å². The summed E-state index contributed by atoms with van der Waals surface area (Å²) in [5, 5.41) is 1.72. The predicted octanol–water partition coefficient (Wildman–Crippen LogP) is 2.04. The van der Waals surface area contributed by atoms with Crippen LogP contribution in [0.4, 0.5) is 0 Å². The molecule has 0 bridgehead atoms. The van der Waals surface area contributed by atoms with E-state index in [0.29, 0.717) is 16.9 Å². The summed E-state index contributed by atoms with van der Waals surface area (Å²) in [6, 6.07) is 5.40. The molecule has 5 nitrogen and oxygen atoms in total. The van der Waals surface area contributed by atoms with Gasteiger partial charge in [-0.3, -0.25) is 0 Å². The first-order valence-corrected chi connectivity index (χ1v) is 6.34. The maximum absolute atomic E-state index is 11.9. The molecule has 0 amide bonds. The fourth-order valence-corrected chi connectivity index (χ4v) is 1.85. The van der Waals surface area contributed by atoms with Crippen LogP contribution in [0.1, 0.15) is 5.56 Å². The minimum Gasteiger partial charge on any atom is -0.497 e. The van der Waals surface area contributed by atoms with Gasteiger partial charge in [0, 0.05) is 30.3 Å². The Morgan fingerprint density at radius 3 is 2.58 bits per heavy atom. The molecule has 0 aliphatic heterocycles. The molecule has 0 atom stereocenters. The van der Waals surface area contributed by atoms with Gasteiger partial charge in [0.25, 0.3) is 0 Å². The normalized spacial score (nSPS) is 11.4. The van der Waals surface area contributed by atoms with Gasteiger partial charge in [-0.25, -0.2) is 9.80 Å². The van der Waals surface area contributed by atoms with Crippen LogP contribution in [0.3, 0.4) is 0 Å². The number of carbonyl (C=O) groups excluding carboxylic acids is 1. The Hall–Kier alpha value is -1.53. The van der Waals surface area contributed by atoms with Crippen molar-refractivity contribution in [2.75, 3.05) is 28.3 Å². The van der Waals surface area contributed by atoms with Crippen molar-refractivity contribution in [3.8, 4) is 5.75 Å². The zero-order chi connectivity index (χ0) is 14.4. The fraction of sp³-hybridized carbons (Fsp3) is 0.308. The molecule has 6 heteroatoms. The lowest BCUT2D eigenvalue weighted by Gasteiger charge is -2.13. The topological polar surface area (TPSA) is 50.8 Å². The Kier molecular flexibility index (Phi) is 5.85. The monoisotopic (exact) mass is 328 g/mol. The van der Waals surface area contributed by atoms with Gasteiger partial charge in [0.15, 0.2) is 0 Å². The second-order valence-corrected chi connectivity index (χ2v) is 4.77. The number of halogens is 1. The number of esters is 1. The van der Waals surface area contributed by atoms with E-state index in [1.165, 1.54) is 7.11 Å². The molecule has 0 saturated heterocycles. The Morgan fingerprint density at radius 2 is 2.05 bits per heavy atom. The first-order valence-electron chi connectivity index (χ1n) is 5.55. The van der Waals surface area contributed by atoms with E-state index in [0.717, 1.165) is 4.47 Å². The number of nitrogens with one attached hydrogen (secondary N) is 1. The van der Waals surface area contributed by atoms with Gasteiger partial charge in [-0.05, 0) is 18.2 Å². The van der Waals surface area contributed by atoms with Crippen molar-refractivity contribution in [2.24, 2.45) is 0 Å². The minimum absolute atomic E-state index is 0.405. The van der Waals surface area contributed by atoms with Crippen LogP contribution in [0.25, 0.3) is 5.57 Å². The van der Waals surface area contributed by atoms with Crippen LogP contribution in [0.5, 0.6) is 5.75 Å². The summed E-state index contributed by atoms with van der Waals surface area (Å²) in [5.74, 6) is 0.237. The first-order chi connectivity index (χ1) is 8.99. The number of carbonyl (C=O) groups is 1. The Bertz CT molecular complexity index is 487. The summed E-state index contributed by atoms with van der Waals surface area (Å²) in [6.07, 6.45) is 1.59. The van der Waals surface area contributed by atoms with E-state index in [4.69, 9.17) is 9.47 Å². The average Bonchev–Trinajstić information content (AvgIpc) is 2.40. The molecule has 104 valence electrons. The molecule has 0 fully saturated rings. The third-order valence-corrected chi connectivity index (χ3v) is 3.03. The van der Waals surface area contributed by atoms with Crippen molar-refractivity contribution < 1.29 is 14.3 Å². The van der Waals surface area contributed by atoms with E-state index in [-0.39, 0.29) is 0 Å². The summed E-state index contributed by atoms with van der Waals surface area (Å²) in [4.78, 5) is 11.9. The Labute approximate surface area is 121 Å². The van der Waals surface area contributed by atoms with E-state index in [1.54, 1.807) is 24.4 Å². The number of hydrazine groups is 1. The van der Waals surface area contributed by atoms with Gasteiger partial charge >= 0.3 is 5.97 Å². The van der Waals surface area contributed by atoms with Gasteiger partial charge < -0.3 is 14.9 Å². The van der Waals surface area contributed by atoms with Gasteiger partial charge in [0.1, 0.15) is 5.75 Å². The van der Waals surface area contributed by atoms with E-state index in [1.807, 2.05) is 26.2 Å². The second-order valence-electron chi connectivity index (χ2n) is 3.92. The third kappa shape index (κ3) is 4.25. The van der Waals surface area contributed by atoms with Crippen LogP contribution in [0.15, 0.2) is 28.9 Å². The molecule has 1 N–H and O–H groups in total. The molecule has 0 aliphatic carbocycles. The average molecular weight is 329 g/mol. The maximum Gasteiger partial charge on any atom is 0.340 e. The summed E-state index contributed by atoms with van der Waals surface area (Å²) >= 11 is 3.42. The molecule has 0 unspecified atom stereocenters. The number of hydrogen-bond acceptors (Lipinski definition) is 5. The van der Waals surface area contributed by atoms with Crippen LogP contribution in [-0.4, -0.2) is 39.3 Å². The quantitative estimate of drug-likeness (QED) is 0.509. The standard InChI is InChI=1S/C13H17BrN2O3/c1-16(2)15-8-11(13(17)19-4)10-7-9(18-3)5-6-12(10)14/h5-8,15H,1-4H3/b11-8+. The third-order valence-electron chi connectivity index (χ3n) is 2.34. The smallest absolute Gasteiger partial charge is 0.340 e. The van der Waals surface area contributed by atoms with Crippen LogP contribution in [0, 0.1) is 0 Å². The zero-order valence-electron chi connectivity index (χ0n) is 11.4. The molecule has 0 aromatic heterocycles. The molecule has 1 aromatic carbocycles. The highest BCUT2D eigenvalue weighted by Crippen LogP contribution is 2.29. The number of methoxy groups -OCH3 is 2.